The molecule has 1 aliphatic heterocycles. The number of benzene rings is 1. The number of piperidine rings is 1. The van der Waals surface area contributed by atoms with Crippen molar-refractivity contribution in [1.29, 1.82) is 0 Å². The molecule has 27 heavy (non-hydrogen) atoms. The summed E-state index contributed by atoms with van der Waals surface area (Å²) in [5, 5.41) is 11.3. The molecule has 9 nitrogen and oxygen atoms in total. The Bertz CT molecular complexity index is 720. The lowest BCUT2D eigenvalue weighted by atomic mass is 10.0. The lowest BCUT2D eigenvalue weighted by Crippen LogP contribution is -2.44. The maximum Gasteiger partial charge on any atom is 0.345 e. The second kappa shape index (κ2) is 9.20. The molecule has 0 spiro atoms. The van der Waals surface area contributed by atoms with Gasteiger partial charge in [-0.15, -0.1) is 0 Å². The summed E-state index contributed by atoms with van der Waals surface area (Å²) in [6.45, 7) is 4.10. The van der Waals surface area contributed by atoms with Crippen molar-refractivity contribution in [3.8, 4) is 11.5 Å². The number of likely N-dealkylation sites (tertiary alicyclic amines) is 1. The third-order valence-corrected chi connectivity index (χ3v) is 4.45. The topological polar surface area (TPSA) is 108 Å². The van der Waals surface area contributed by atoms with Crippen LogP contribution in [0.1, 0.15) is 43.5 Å². The van der Waals surface area contributed by atoms with Crippen LogP contribution >= 0.6 is 0 Å². The van der Waals surface area contributed by atoms with Crippen LogP contribution in [0, 0.1) is 10.1 Å². The van der Waals surface area contributed by atoms with Crippen LogP contribution in [0.5, 0.6) is 11.5 Å². The largest absolute Gasteiger partial charge is 0.493 e. The summed E-state index contributed by atoms with van der Waals surface area (Å²) in [5.74, 6) is -0.941. The molecule has 1 amide bonds. The van der Waals surface area contributed by atoms with Crippen molar-refractivity contribution in [2.75, 3.05) is 26.9 Å². The van der Waals surface area contributed by atoms with Crippen molar-refractivity contribution in [2.24, 2.45) is 0 Å². The van der Waals surface area contributed by atoms with Crippen LogP contribution in [0.4, 0.5) is 5.69 Å². The van der Waals surface area contributed by atoms with Crippen LogP contribution in [0.3, 0.4) is 0 Å². The van der Waals surface area contributed by atoms with Gasteiger partial charge in [0.2, 0.25) is 0 Å². The number of rotatable bonds is 7. The zero-order chi connectivity index (χ0) is 20.0. The van der Waals surface area contributed by atoms with Gasteiger partial charge in [0.25, 0.3) is 11.6 Å². The number of carbonyl (C=O) groups excluding carboxylic acids is 2. The highest BCUT2D eigenvalue weighted by Crippen LogP contribution is 2.35. The summed E-state index contributed by atoms with van der Waals surface area (Å²) < 4.78 is 15.5. The first-order valence-electron chi connectivity index (χ1n) is 8.84. The number of nitrogens with zero attached hydrogens (tertiary/aromatic N) is 2. The Morgan fingerprint density at radius 2 is 2.04 bits per heavy atom. The zero-order valence-electron chi connectivity index (χ0n) is 15.7. The van der Waals surface area contributed by atoms with Crippen molar-refractivity contribution < 1.29 is 28.7 Å². The minimum absolute atomic E-state index is 0.0878. The number of ether oxygens (including phenoxy) is 3. The predicted molar refractivity (Wildman–Crippen MR) is 96.1 cm³/mol. The Morgan fingerprint density at radius 3 is 2.63 bits per heavy atom. The number of methoxy groups -OCH3 is 1. The minimum atomic E-state index is -0.957. The summed E-state index contributed by atoms with van der Waals surface area (Å²) in [4.78, 5) is 37.0. The molecule has 1 heterocycles. The van der Waals surface area contributed by atoms with E-state index in [-0.39, 0.29) is 35.6 Å². The summed E-state index contributed by atoms with van der Waals surface area (Å²) in [6.07, 6.45) is 2.87. The number of hydrogen-bond donors (Lipinski definition) is 0. The Balaban J connectivity index is 2.16. The molecule has 0 radical (unpaired) electrons. The Morgan fingerprint density at radius 1 is 1.30 bits per heavy atom. The number of carbonyl (C=O) groups is 2. The summed E-state index contributed by atoms with van der Waals surface area (Å²) >= 11 is 0. The van der Waals surface area contributed by atoms with Crippen LogP contribution < -0.4 is 9.47 Å². The highest BCUT2D eigenvalue weighted by molar-refractivity contribution is 5.96. The second-order valence-electron chi connectivity index (χ2n) is 6.22. The van der Waals surface area contributed by atoms with E-state index < -0.39 is 23.2 Å². The Labute approximate surface area is 157 Å². The molecule has 1 atom stereocenters. The SMILES string of the molecule is CCOc1cc([N+](=O)[O-])c(C(=O)OCC(=O)N2CCCC[C@H]2C)cc1OC. The second-order valence-corrected chi connectivity index (χ2v) is 6.22. The van der Waals surface area contributed by atoms with E-state index in [1.165, 1.54) is 13.2 Å². The number of amides is 1. The van der Waals surface area contributed by atoms with Gasteiger partial charge in [-0.1, -0.05) is 0 Å². The Hall–Kier alpha value is -2.84. The van der Waals surface area contributed by atoms with Gasteiger partial charge in [0.15, 0.2) is 18.1 Å². The maximum absolute atomic E-state index is 12.4. The molecule has 0 unspecified atom stereocenters. The molecule has 1 aromatic rings. The van der Waals surface area contributed by atoms with E-state index in [0.29, 0.717) is 6.54 Å². The van der Waals surface area contributed by atoms with E-state index in [4.69, 9.17) is 14.2 Å². The first-order chi connectivity index (χ1) is 12.9. The standard InChI is InChI=1S/C18H24N2O7/c1-4-26-16-10-14(20(23)24)13(9-15(16)25-3)18(22)27-11-17(21)19-8-6-5-7-12(19)2/h9-10,12H,4-8,11H2,1-3H3/t12-/m1/s1. The monoisotopic (exact) mass is 380 g/mol. The summed E-state index contributed by atoms with van der Waals surface area (Å²) in [6, 6.07) is 2.40. The zero-order valence-corrected chi connectivity index (χ0v) is 15.7. The van der Waals surface area contributed by atoms with E-state index in [1.807, 2.05) is 6.92 Å². The average Bonchev–Trinajstić information content (AvgIpc) is 2.66. The van der Waals surface area contributed by atoms with Gasteiger partial charge in [-0.2, -0.15) is 0 Å². The quantitative estimate of drug-likeness (QED) is 0.406. The van der Waals surface area contributed by atoms with Gasteiger partial charge < -0.3 is 19.1 Å². The van der Waals surface area contributed by atoms with Crippen LogP contribution in [-0.2, 0) is 9.53 Å². The highest BCUT2D eigenvalue weighted by atomic mass is 16.6. The number of nitro benzene ring substituents is 1. The normalized spacial score (nSPS) is 16.6. The fourth-order valence-electron chi connectivity index (χ4n) is 3.05. The number of hydrogen-bond acceptors (Lipinski definition) is 7. The van der Waals surface area contributed by atoms with Gasteiger partial charge in [-0.05, 0) is 33.1 Å². The third kappa shape index (κ3) is 4.87. The average molecular weight is 380 g/mol. The van der Waals surface area contributed by atoms with E-state index in [0.717, 1.165) is 25.3 Å². The summed E-state index contributed by atoms with van der Waals surface area (Å²) in [5.41, 5.74) is -0.761. The molecule has 1 saturated heterocycles. The van der Waals surface area contributed by atoms with E-state index in [1.54, 1.807) is 11.8 Å². The first kappa shape index (κ1) is 20.5. The van der Waals surface area contributed by atoms with Crippen LogP contribution in [0.15, 0.2) is 12.1 Å². The fourth-order valence-corrected chi connectivity index (χ4v) is 3.05. The van der Waals surface area contributed by atoms with E-state index >= 15 is 0 Å². The minimum Gasteiger partial charge on any atom is -0.493 e. The molecule has 148 valence electrons. The highest BCUT2D eigenvalue weighted by Gasteiger charge is 2.28. The molecule has 9 heteroatoms. The molecular formula is C18H24N2O7. The molecule has 0 saturated carbocycles. The van der Waals surface area contributed by atoms with E-state index in [9.17, 15) is 19.7 Å². The van der Waals surface area contributed by atoms with Crippen LogP contribution in [0.2, 0.25) is 0 Å². The van der Waals surface area contributed by atoms with Crippen molar-refractivity contribution in [1.82, 2.24) is 4.90 Å². The van der Waals surface area contributed by atoms with Gasteiger partial charge in [0.1, 0.15) is 5.56 Å². The lowest BCUT2D eigenvalue weighted by Gasteiger charge is -2.33. The lowest BCUT2D eigenvalue weighted by molar-refractivity contribution is -0.385. The number of esters is 1. The number of nitro groups is 1. The maximum atomic E-state index is 12.4. The van der Waals surface area contributed by atoms with Gasteiger partial charge >= 0.3 is 5.97 Å². The fraction of sp³-hybridized carbons (Fsp3) is 0.556. The summed E-state index contributed by atoms with van der Waals surface area (Å²) in [7, 11) is 1.36. The van der Waals surface area contributed by atoms with Crippen LogP contribution in [0.25, 0.3) is 0 Å². The van der Waals surface area contributed by atoms with E-state index in [2.05, 4.69) is 0 Å². The van der Waals surface area contributed by atoms with Crippen molar-refractivity contribution in [3.63, 3.8) is 0 Å². The molecule has 1 aliphatic rings. The molecule has 0 N–H and O–H groups in total. The van der Waals surface area contributed by atoms with Crippen LogP contribution in [-0.4, -0.2) is 54.6 Å². The molecule has 0 aliphatic carbocycles. The van der Waals surface area contributed by atoms with Gasteiger partial charge in [-0.25, -0.2) is 4.79 Å². The van der Waals surface area contributed by atoms with Gasteiger partial charge in [-0.3, -0.25) is 14.9 Å². The molecule has 0 aromatic heterocycles. The predicted octanol–water partition coefficient (Wildman–Crippen LogP) is 2.56. The Kier molecular flexibility index (Phi) is 6.98. The molecule has 1 aromatic carbocycles. The molecule has 1 fully saturated rings. The van der Waals surface area contributed by atoms with Gasteiger partial charge in [0.05, 0.1) is 24.7 Å². The molecular weight excluding hydrogens is 356 g/mol. The third-order valence-electron chi connectivity index (χ3n) is 4.45. The smallest absolute Gasteiger partial charge is 0.345 e. The molecule has 2 rings (SSSR count). The first-order valence-corrected chi connectivity index (χ1v) is 8.84. The van der Waals surface area contributed by atoms with Crippen molar-refractivity contribution in [3.05, 3.63) is 27.8 Å². The van der Waals surface area contributed by atoms with Gasteiger partial charge in [0, 0.05) is 18.7 Å². The molecule has 0 bridgehead atoms. The van der Waals surface area contributed by atoms with Crippen molar-refractivity contribution in [2.45, 2.75) is 39.2 Å². The van der Waals surface area contributed by atoms with Crippen molar-refractivity contribution >= 4 is 17.6 Å².